The first-order valence-electron chi connectivity index (χ1n) is 5.94. The Morgan fingerprint density at radius 1 is 1.42 bits per heavy atom. The lowest BCUT2D eigenvalue weighted by Gasteiger charge is -2.31. The van der Waals surface area contributed by atoms with Crippen LogP contribution < -0.4 is 11.1 Å². The van der Waals surface area contributed by atoms with Crippen molar-refractivity contribution in [3.05, 3.63) is 35.4 Å². The molecule has 1 aromatic rings. The summed E-state index contributed by atoms with van der Waals surface area (Å²) in [5.74, 6) is -0.515. The number of nitrogens with zero attached hydrogens (tertiary/aromatic N) is 1. The van der Waals surface area contributed by atoms with Gasteiger partial charge < -0.3 is 5.73 Å². The molecular weight excluding hydrogens is 262 g/mol. The zero-order valence-corrected chi connectivity index (χ0v) is 11.4. The average Bonchev–Trinajstić information content (AvgIpc) is 2.36. The number of nitrogens with two attached hydrogens (primary N) is 1. The molecule has 1 aromatic carbocycles. The highest BCUT2D eigenvalue weighted by atomic mass is 32.1. The SMILES string of the molecule is CC1C(=O)NC(=O)CN1Cc1ccc(C(N)=S)cc1. The van der Waals surface area contributed by atoms with Crippen molar-refractivity contribution in [3.63, 3.8) is 0 Å². The van der Waals surface area contributed by atoms with Crippen LogP contribution in [0.3, 0.4) is 0 Å². The fourth-order valence-electron chi connectivity index (χ4n) is 1.97. The minimum absolute atomic E-state index is 0.226. The quantitative estimate of drug-likeness (QED) is 0.608. The molecule has 2 rings (SSSR count). The maximum Gasteiger partial charge on any atom is 0.243 e. The van der Waals surface area contributed by atoms with E-state index in [0.717, 1.165) is 11.1 Å². The topological polar surface area (TPSA) is 75.4 Å². The summed E-state index contributed by atoms with van der Waals surface area (Å²) in [5, 5.41) is 2.32. The van der Waals surface area contributed by atoms with E-state index in [0.29, 0.717) is 11.5 Å². The third-order valence-electron chi connectivity index (χ3n) is 3.16. The van der Waals surface area contributed by atoms with Crippen LogP contribution in [0.4, 0.5) is 0 Å². The number of rotatable bonds is 3. The fourth-order valence-corrected chi connectivity index (χ4v) is 2.11. The summed E-state index contributed by atoms with van der Waals surface area (Å²) >= 11 is 4.89. The molecule has 1 saturated heterocycles. The minimum Gasteiger partial charge on any atom is -0.389 e. The summed E-state index contributed by atoms with van der Waals surface area (Å²) in [5.41, 5.74) is 7.34. The standard InChI is InChI=1S/C13H15N3O2S/c1-8-13(18)15-11(17)7-16(8)6-9-2-4-10(5-3-9)12(14)19/h2-5,8H,6-7H2,1H3,(H2,14,19)(H,15,17,18). The van der Waals surface area contributed by atoms with Gasteiger partial charge in [0.05, 0.1) is 12.6 Å². The normalized spacial score (nSPS) is 20.2. The monoisotopic (exact) mass is 277 g/mol. The molecule has 1 heterocycles. The first kappa shape index (κ1) is 13.6. The third kappa shape index (κ3) is 3.15. The Bertz CT molecular complexity index is 527. The van der Waals surface area contributed by atoms with Gasteiger partial charge in [0.1, 0.15) is 4.99 Å². The van der Waals surface area contributed by atoms with Gasteiger partial charge in [-0.15, -0.1) is 0 Å². The molecule has 1 aliphatic heterocycles. The van der Waals surface area contributed by atoms with Gasteiger partial charge in [-0.1, -0.05) is 36.5 Å². The van der Waals surface area contributed by atoms with Crippen LogP contribution in [0.2, 0.25) is 0 Å². The number of hydrogen-bond acceptors (Lipinski definition) is 4. The van der Waals surface area contributed by atoms with Gasteiger partial charge in [-0.3, -0.25) is 19.8 Å². The number of carbonyl (C=O) groups excluding carboxylic acids is 2. The van der Waals surface area contributed by atoms with Gasteiger partial charge in [0.2, 0.25) is 11.8 Å². The number of amides is 2. The molecule has 100 valence electrons. The van der Waals surface area contributed by atoms with Gasteiger partial charge in [-0.2, -0.15) is 0 Å². The van der Waals surface area contributed by atoms with Crippen molar-refractivity contribution >= 4 is 29.0 Å². The highest BCUT2D eigenvalue weighted by Gasteiger charge is 2.29. The third-order valence-corrected chi connectivity index (χ3v) is 3.40. The molecular formula is C13H15N3O2S. The molecule has 1 unspecified atom stereocenters. The Morgan fingerprint density at radius 2 is 2.05 bits per heavy atom. The lowest BCUT2D eigenvalue weighted by Crippen LogP contribution is -2.56. The summed E-state index contributed by atoms with van der Waals surface area (Å²) in [4.78, 5) is 25.1. The minimum atomic E-state index is -0.312. The largest absolute Gasteiger partial charge is 0.389 e. The molecule has 1 atom stereocenters. The maximum absolute atomic E-state index is 11.5. The van der Waals surface area contributed by atoms with E-state index in [4.69, 9.17) is 18.0 Å². The maximum atomic E-state index is 11.5. The zero-order valence-electron chi connectivity index (χ0n) is 10.6. The smallest absolute Gasteiger partial charge is 0.243 e. The molecule has 5 nitrogen and oxygen atoms in total. The van der Waals surface area contributed by atoms with Gasteiger partial charge in [-0.05, 0) is 12.5 Å². The number of imide groups is 1. The van der Waals surface area contributed by atoms with Gasteiger partial charge in [0, 0.05) is 12.1 Å². The molecule has 1 fully saturated rings. The van der Waals surface area contributed by atoms with Gasteiger partial charge in [0.25, 0.3) is 0 Å². The van der Waals surface area contributed by atoms with E-state index in [1.807, 2.05) is 29.2 Å². The van der Waals surface area contributed by atoms with Crippen LogP contribution in [0.25, 0.3) is 0 Å². The van der Waals surface area contributed by atoms with Crippen LogP contribution in [0.15, 0.2) is 24.3 Å². The predicted octanol–water partition coefficient (Wildman–Crippen LogP) is 0.168. The van der Waals surface area contributed by atoms with Crippen molar-refractivity contribution < 1.29 is 9.59 Å². The van der Waals surface area contributed by atoms with Crippen molar-refractivity contribution in [2.75, 3.05) is 6.54 Å². The Balaban J connectivity index is 2.09. The zero-order chi connectivity index (χ0) is 14.0. The Hall–Kier alpha value is -1.79. The van der Waals surface area contributed by atoms with Crippen LogP contribution in [-0.2, 0) is 16.1 Å². The summed E-state index contributed by atoms with van der Waals surface area (Å²) in [6, 6.07) is 7.17. The molecule has 0 spiro atoms. The van der Waals surface area contributed by atoms with Crippen LogP contribution >= 0.6 is 12.2 Å². The Morgan fingerprint density at radius 3 is 2.63 bits per heavy atom. The second kappa shape index (κ2) is 5.46. The number of thiocarbonyl (C=S) groups is 1. The lowest BCUT2D eigenvalue weighted by molar-refractivity contribution is -0.139. The van der Waals surface area contributed by atoms with E-state index in [-0.39, 0.29) is 24.4 Å². The van der Waals surface area contributed by atoms with Crippen LogP contribution in [0.5, 0.6) is 0 Å². The molecule has 0 saturated carbocycles. The molecule has 0 radical (unpaired) electrons. The first-order chi connectivity index (χ1) is 8.97. The second-order valence-corrected chi connectivity index (χ2v) is 4.99. The van der Waals surface area contributed by atoms with Crippen molar-refractivity contribution in [1.29, 1.82) is 0 Å². The lowest BCUT2D eigenvalue weighted by atomic mass is 10.1. The van der Waals surface area contributed by atoms with E-state index in [9.17, 15) is 9.59 Å². The molecule has 1 aliphatic rings. The Kier molecular flexibility index (Phi) is 3.92. The summed E-state index contributed by atoms with van der Waals surface area (Å²) in [6.07, 6.45) is 0. The van der Waals surface area contributed by atoms with Gasteiger partial charge in [0.15, 0.2) is 0 Å². The van der Waals surface area contributed by atoms with E-state index < -0.39 is 0 Å². The number of piperazine rings is 1. The molecule has 19 heavy (non-hydrogen) atoms. The number of hydrogen-bond donors (Lipinski definition) is 2. The first-order valence-corrected chi connectivity index (χ1v) is 6.34. The van der Waals surface area contributed by atoms with Crippen LogP contribution in [0.1, 0.15) is 18.1 Å². The van der Waals surface area contributed by atoms with E-state index >= 15 is 0 Å². The molecule has 0 aromatic heterocycles. The van der Waals surface area contributed by atoms with E-state index in [1.165, 1.54) is 0 Å². The van der Waals surface area contributed by atoms with Crippen LogP contribution in [-0.4, -0.2) is 34.3 Å². The highest BCUT2D eigenvalue weighted by molar-refractivity contribution is 7.80. The summed E-state index contributed by atoms with van der Waals surface area (Å²) in [7, 11) is 0. The molecule has 3 N–H and O–H groups in total. The molecule has 6 heteroatoms. The van der Waals surface area contributed by atoms with Crippen molar-refractivity contribution in [2.45, 2.75) is 19.5 Å². The predicted molar refractivity (Wildman–Crippen MR) is 75.4 cm³/mol. The molecule has 0 aliphatic carbocycles. The van der Waals surface area contributed by atoms with Crippen molar-refractivity contribution in [3.8, 4) is 0 Å². The van der Waals surface area contributed by atoms with E-state index in [2.05, 4.69) is 5.32 Å². The van der Waals surface area contributed by atoms with Crippen LogP contribution in [0, 0.1) is 0 Å². The fraction of sp³-hybridized carbons (Fsp3) is 0.308. The molecule has 0 bridgehead atoms. The number of nitrogens with one attached hydrogen (secondary N) is 1. The van der Waals surface area contributed by atoms with Crippen molar-refractivity contribution in [2.24, 2.45) is 5.73 Å². The van der Waals surface area contributed by atoms with Gasteiger partial charge in [-0.25, -0.2) is 0 Å². The number of benzene rings is 1. The second-order valence-electron chi connectivity index (χ2n) is 4.55. The summed E-state index contributed by atoms with van der Waals surface area (Å²) in [6.45, 7) is 2.55. The average molecular weight is 277 g/mol. The molecule has 2 amide bonds. The summed E-state index contributed by atoms with van der Waals surface area (Å²) < 4.78 is 0. The number of carbonyl (C=O) groups is 2. The van der Waals surface area contributed by atoms with E-state index in [1.54, 1.807) is 6.92 Å². The Labute approximate surface area is 116 Å². The van der Waals surface area contributed by atoms with Crippen molar-refractivity contribution in [1.82, 2.24) is 10.2 Å². The highest BCUT2D eigenvalue weighted by Crippen LogP contribution is 2.12. The van der Waals surface area contributed by atoms with Gasteiger partial charge >= 0.3 is 0 Å².